The van der Waals surface area contributed by atoms with Gasteiger partial charge in [-0.25, -0.2) is 4.98 Å². The number of rotatable bonds is 4. The zero-order valence-electron chi connectivity index (χ0n) is 11.4. The topological polar surface area (TPSA) is 27.1 Å². The summed E-state index contributed by atoms with van der Waals surface area (Å²) >= 11 is 0. The van der Waals surface area contributed by atoms with E-state index in [-0.39, 0.29) is 6.10 Å². The first kappa shape index (κ1) is 12.8. The lowest BCUT2D eigenvalue weighted by Crippen LogP contribution is -2.02. The van der Waals surface area contributed by atoms with Gasteiger partial charge in [0.2, 0.25) is 0 Å². The molecule has 0 saturated carbocycles. The van der Waals surface area contributed by atoms with Gasteiger partial charge in [-0.15, -0.1) is 0 Å². The van der Waals surface area contributed by atoms with Crippen molar-refractivity contribution < 1.29 is 4.74 Å². The molecule has 2 aromatic rings. The van der Waals surface area contributed by atoms with Gasteiger partial charge in [-0.3, -0.25) is 0 Å². The fraction of sp³-hybridized carbons (Fsp3) is 0.400. The number of hydrogen-bond donors (Lipinski definition) is 0. The molecule has 0 radical (unpaired) electrons. The number of benzene rings is 1. The van der Waals surface area contributed by atoms with Gasteiger partial charge in [0.1, 0.15) is 5.82 Å². The third-order valence-corrected chi connectivity index (χ3v) is 3.19. The summed E-state index contributed by atoms with van der Waals surface area (Å²) in [6, 6.07) is 8.79. The molecule has 0 N–H and O–H groups in total. The number of methoxy groups -OCH3 is 1. The molecule has 18 heavy (non-hydrogen) atoms. The predicted molar refractivity (Wildman–Crippen MR) is 73.5 cm³/mol. The van der Waals surface area contributed by atoms with Crippen molar-refractivity contribution in [1.29, 1.82) is 0 Å². The van der Waals surface area contributed by atoms with E-state index >= 15 is 0 Å². The van der Waals surface area contributed by atoms with Crippen LogP contribution in [0.15, 0.2) is 36.7 Å². The van der Waals surface area contributed by atoms with Crippen LogP contribution in [0.1, 0.15) is 38.5 Å². The highest BCUT2D eigenvalue weighted by molar-refractivity contribution is 5.57. The summed E-state index contributed by atoms with van der Waals surface area (Å²) in [5, 5.41) is 0. The number of ether oxygens (including phenoxy) is 1. The molecule has 0 aliphatic carbocycles. The smallest absolute Gasteiger partial charge is 0.140 e. The Labute approximate surface area is 108 Å². The van der Waals surface area contributed by atoms with Crippen molar-refractivity contribution in [1.82, 2.24) is 9.55 Å². The molecule has 1 atom stereocenters. The highest BCUT2D eigenvalue weighted by Crippen LogP contribution is 2.25. The summed E-state index contributed by atoms with van der Waals surface area (Å²) in [7, 11) is 1.73. The minimum absolute atomic E-state index is 0.104. The van der Waals surface area contributed by atoms with Gasteiger partial charge < -0.3 is 9.30 Å². The van der Waals surface area contributed by atoms with E-state index in [1.807, 2.05) is 19.3 Å². The lowest BCUT2D eigenvalue weighted by Gasteiger charge is -2.14. The van der Waals surface area contributed by atoms with Crippen LogP contribution in [0.4, 0.5) is 0 Å². The highest BCUT2D eigenvalue weighted by Gasteiger charge is 2.10. The molecular formula is C15H20N2O. The predicted octanol–water partition coefficient (Wildman–Crippen LogP) is 3.84. The minimum Gasteiger partial charge on any atom is -0.377 e. The quantitative estimate of drug-likeness (QED) is 0.817. The Kier molecular flexibility index (Phi) is 3.82. The monoisotopic (exact) mass is 244 g/mol. The van der Waals surface area contributed by atoms with Gasteiger partial charge in [-0.1, -0.05) is 18.2 Å². The van der Waals surface area contributed by atoms with Crippen LogP contribution < -0.4 is 0 Å². The summed E-state index contributed by atoms with van der Waals surface area (Å²) in [4.78, 5) is 4.46. The number of nitrogens with zero attached hydrogens (tertiary/aromatic N) is 2. The van der Waals surface area contributed by atoms with E-state index < -0.39 is 0 Å². The lowest BCUT2D eigenvalue weighted by atomic mass is 10.1. The van der Waals surface area contributed by atoms with Crippen molar-refractivity contribution in [2.75, 3.05) is 7.11 Å². The Bertz CT molecular complexity index is 517. The fourth-order valence-electron chi connectivity index (χ4n) is 2.02. The van der Waals surface area contributed by atoms with Crippen molar-refractivity contribution in [2.24, 2.45) is 0 Å². The van der Waals surface area contributed by atoms with E-state index in [0.29, 0.717) is 6.04 Å². The Morgan fingerprint density at radius 1 is 1.22 bits per heavy atom. The Balaban J connectivity index is 2.42. The van der Waals surface area contributed by atoms with Crippen LogP contribution in [0.25, 0.3) is 11.4 Å². The molecule has 0 bridgehead atoms. The van der Waals surface area contributed by atoms with E-state index in [4.69, 9.17) is 4.74 Å². The number of imidazole rings is 1. The van der Waals surface area contributed by atoms with Gasteiger partial charge in [0.25, 0.3) is 0 Å². The zero-order valence-corrected chi connectivity index (χ0v) is 11.4. The molecule has 3 heteroatoms. The van der Waals surface area contributed by atoms with Crippen LogP contribution in [0.2, 0.25) is 0 Å². The van der Waals surface area contributed by atoms with E-state index in [9.17, 15) is 0 Å². The molecule has 0 amide bonds. The van der Waals surface area contributed by atoms with Gasteiger partial charge in [0.15, 0.2) is 0 Å². The van der Waals surface area contributed by atoms with Crippen molar-refractivity contribution in [3.63, 3.8) is 0 Å². The second kappa shape index (κ2) is 5.36. The van der Waals surface area contributed by atoms with Gasteiger partial charge in [-0.2, -0.15) is 0 Å². The van der Waals surface area contributed by atoms with E-state index in [1.165, 1.54) is 5.56 Å². The Morgan fingerprint density at radius 2 is 2.00 bits per heavy atom. The van der Waals surface area contributed by atoms with Crippen LogP contribution in [-0.2, 0) is 4.74 Å². The second-order valence-corrected chi connectivity index (χ2v) is 4.76. The standard InChI is InChI=1S/C15H20N2O/c1-11(2)17-9-8-16-15(17)14-7-5-6-13(10-14)12(3)18-4/h5-12H,1-4H3/t12-/m1/s1. The lowest BCUT2D eigenvalue weighted by molar-refractivity contribution is 0.119. The van der Waals surface area contributed by atoms with Crippen LogP contribution in [0.5, 0.6) is 0 Å². The highest BCUT2D eigenvalue weighted by atomic mass is 16.5. The normalized spacial score (nSPS) is 12.9. The molecule has 0 unspecified atom stereocenters. The largest absolute Gasteiger partial charge is 0.377 e. The average molecular weight is 244 g/mol. The first-order valence-electron chi connectivity index (χ1n) is 6.29. The van der Waals surface area contributed by atoms with Crippen LogP contribution >= 0.6 is 0 Å². The minimum atomic E-state index is 0.104. The second-order valence-electron chi connectivity index (χ2n) is 4.76. The third kappa shape index (κ3) is 2.46. The maximum absolute atomic E-state index is 5.36. The fourth-order valence-corrected chi connectivity index (χ4v) is 2.02. The van der Waals surface area contributed by atoms with Crippen molar-refractivity contribution in [3.05, 3.63) is 42.2 Å². The van der Waals surface area contributed by atoms with E-state index in [1.54, 1.807) is 7.11 Å². The molecule has 0 aliphatic heterocycles. The Hall–Kier alpha value is -1.61. The van der Waals surface area contributed by atoms with Crippen molar-refractivity contribution in [2.45, 2.75) is 32.9 Å². The van der Waals surface area contributed by atoms with Gasteiger partial charge in [0.05, 0.1) is 6.10 Å². The van der Waals surface area contributed by atoms with Crippen LogP contribution in [0.3, 0.4) is 0 Å². The molecule has 0 saturated heterocycles. The zero-order chi connectivity index (χ0) is 13.1. The molecule has 1 aromatic heterocycles. The van der Waals surface area contributed by atoms with E-state index in [0.717, 1.165) is 11.4 Å². The molecule has 3 nitrogen and oxygen atoms in total. The number of aromatic nitrogens is 2. The summed E-state index contributed by atoms with van der Waals surface area (Å²) in [5.74, 6) is 1.01. The third-order valence-electron chi connectivity index (χ3n) is 3.19. The van der Waals surface area contributed by atoms with Crippen LogP contribution in [0, 0.1) is 0 Å². The van der Waals surface area contributed by atoms with Gasteiger partial charge in [0, 0.05) is 31.1 Å². The SMILES string of the molecule is CO[C@H](C)c1cccc(-c2nccn2C(C)C)c1. The Morgan fingerprint density at radius 3 is 2.67 bits per heavy atom. The number of hydrogen-bond acceptors (Lipinski definition) is 2. The van der Waals surface area contributed by atoms with Crippen molar-refractivity contribution >= 4 is 0 Å². The van der Waals surface area contributed by atoms with E-state index in [2.05, 4.69) is 47.7 Å². The molecule has 0 aliphatic rings. The molecule has 2 rings (SSSR count). The molecule has 1 aromatic carbocycles. The average Bonchev–Trinajstić information content (AvgIpc) is 2.87. The van der Waals surface area contributed by atoms with Gasteiger partial charge in [-0.05, 0) is 32.4 Å². The summed E-state index contributed by atoms with van der Waals surface area (Å²) in [6.07, 6.45) is 3.97. The van der Waals surface area contributed by atoms with Crippen LogP contribution in [-0.4, -0.2) is 16.7 Å². The summed E-state index contributed by atoms with van der Waals surface area (Å²) in [5.41, 5.74) is 2.31. The first-order valence-corrected chi connectivity index (χ1v) is 6.29. The first-order chi connectivity index (χ1) is 8.63. The molecular weight excluding hydrogens is 224 g/mol. The maximum Gasteiger partial charge on any atom is 0.140 e. The summed E-state index contributed by atoms with van der Waals surface area (Å²) in [6.45, 7) is 6.37. The van der Waals surface area contributed by atoms with Crippen molar-refractivity contribution in [3.8, 4) is 11.4 Å². The molecule has 96 valence electrons. The molecule has 0 spiro atoms. The summed E-state index contributed by atoms with van der Waals surface area (Å²) < 4.78 is 7.54. The molecule has 0 fully saturated rings. The molecule has 1 heterocycles. The maximum atomic E-state index is 5.36. The van der Waals surface area contributed by atoms with Gasteiger partial charge >= 0.3 is 0 Å².